The lowest BCUT2D eigenvalue weighted by Gasteiger charge is -2.16. The van der Waals surface area contributed by atoms with Crippen molar-refractivity contribution in [3.05, 3.63) is 385 Å². The van der Waals surface area contributed by atoms with Crippen LogP contribution >= 0.6 is 0 Å². The molecule has 0 fully saturated rings. The molecular weight excluding hydrogens is 1790 g/mol. The molecule has 12 aromatic heterocycles. The summed E-state index contributed by atoms with van der Waals surface area (Å²) in [6.45, 7) is 2.99. The van der Waals surface area contributed by atoms with Gasteiger partial charge in [-0.3, -0.25) is 87.4 Å². The molecule has 6 aromatic carbocycles. The molecule has 32 heteroatoms. The summed E-state index contributed by atoms with van der Waals surface area (Å²) in [7, 11) is 0. The first-order valence-corrected chi connectivity index (χ1v) is 45.8. The van der Waals surface area contributed by atoms with Crippen molar-refractivity contribution in [2.24, 2.45) is 11.5 Å². The highest BCUT2D eigenvalue weighted by Crippen LogP contribution is 2.46. The molecule has 0 saturated heterocycles. The zero-order chi connectivity index (χ0) is 98.5. The number of fused-ring (bicyclic) bond motifs is 30. The highest BCUT2D eigenvalue weighted by Gasteiger charge is 2.40. The summed E-state index contributed by atoms with van der Waals surface area (Å²) in [5.74, 6) is -0.612. The van der Waals surface area contributed by atoms with Gasteiger partial charge in [-0.25, -0.2) is 0 Å². The van der Waals surface area contributed by atoms with Crippen molar-refractivity contribution in [3.8, 4) is 67.5 Å². The maximum absolute atomic E-state index is 12.9. The van der Waals surface area contributed by atoms with Gasteiger partial charge in [0.2, 0.25) is 0 Å². The quantitative estimate of drug-likeness (QED) is 0.0396. The van der Waals surface area contributed by atoms with Crippen LogP contribution in [0.25, 0.3) is 132 Å². The lowest BCUT2D eigenvalue weighted by Crippen LogP contribution is -2.30. The molecule has 0 unspecified atom stereocenters. The third-order valence-corrected chi connectivity index (χ3v) is 26.0. The summed E-state index contributed by atoms with van der Waals surface area (Å²) in [5.41, 5.74) is 25.3. The van der Waals surface area contributed by atoms with E-state index in [0.29, 0.717) is 222 Å². The van der Waals surface area contributed by atoms with Crippen LogP contribution in [0.3, 0.4) is 0 Å². The average Bonchev–Trinajstić information content (AvgIpc) is 1.59. The predicted molar refractivity (Wildman–Crippen MR) is 531 cm³/mol. The zero-order valence-corrected chi connectivity index (χ0v) is 75.7. The van der Waals surface area contributed by atoms with Crippen LogP contribution in [-0.2, 0) is 39.3 Å². The minimum Gasteiger partial charge on any atom is -0.394 e. The molecule has 6 aliphatic rings. The Labute approximate surface area is 799 Å². The van der Waals surface area contributed by atoms with Crippen LogP contribution in [0.15, 0.2) is 285 Å². The predicted octanol–water partition coefficient (Wildman–Crippen LogP) is 10.2. The van der Waals surface area contributed by atoms with Crippen LogP contribution in [-0.4, -0.2) is 174 Å². The van der Waals surface area contributed by atoms with E-state index in [-0.39, 0.29) is 87.7 Å². The molecule has 10 N–H and O–H groups in total. The number of carbonyl (C=O) groups excluding carboxylic acids is 6. The van der Waals surface area contributed by atoms with Gasteiger partial charge < -0.3 is 69.5 Å². The first-order valence-electron chi connectivity index (χ1n) is 45.8. The maximum Gasteiger partial charge on any atom is 0.260 e. The van der Waals surface area contributed by atoms with Gasteiger partial charge in [-0.15, -0.1) is 0 Å². The van der Waals surface area contributed by atoms with Gasteiger partial charge in [0.15, 0.2) is 34.7 Å². The number of aliphatic hydroxyl groups is 6. The standard InChI is InChI=1S/C19H16N2O2.2C18H15N3O2.3C18H14N2O4/c1-2-3-10-21-17-13-6-4-5-7-14(13)18(22)16(17)12-8-9-20-11-15(12)19(21)23;19-8-4-10-21-16-11-5-1-2-6-12(11)17(22)14(16)15-13(18(21)23)7-3-9-20-15;19-7-3-9-21-16-11-4-1-2-5-12(11)17(22)15(16)14-10-20-8-6-13(14)18(21)23;21-9-10(22)8-20-16-11-4-1-2-5-12(11)17(23)14(16)15-13(18(20)24)6-3-7-19-15;21-9-10(22)8-20-16-12-3-1-2-4-13(12)17(23)15(16)11-5-6-19-7-14(11)18(20)24;21-9-10(22)8-20-16-11-3-1-2-4-12(11)17(23)15(16)14-7-19-6-5-13(14)18(20)24/h4-9,11H,2-3,10H2,1H3;1-3,5-7,9H,4,8,10,19H2;1-2,4-6,8,10H,3,7,9,19H2;3*1-7,10,21-22H,8-9H2/t;;;3*10-/m...000/s1. The first kappa shape index (κ1) is 93.2. The van der Waals surface area contributed by atoms with Gasteiger partial charge in [-0.05, 0) is 80.9 Å². The minimum atomic E-state index is -1.09. The highest BCUT2D eigenvalue weighted by molar-refractivity contribution is 6.31. The number of ketones is 6. The molecule has 0 radical (unpaired) electrons. The monoisotopic (exact) mass is 1880 g/mol. The van der Waals surface area contributed by atoms with Crippen molar-refractivity contribution in [3.63, 3.8) is 0 Å². The van der Waals surface area contributed by atoms with Crippen LogP contribution < -0.4 is 44.8 Å². The molecule has 6 aliphatic carbocycles. The molecular formula is C109H88N14O18. The van der Waals surface area contributed by atoms with Crippen molar-refractivity contribution in [1.29, 1.82) is 0 Å². The van der Waals surface area contributed by atoms with Crippen LogP contribution in [0.1, 0.15) is 128 Å². The number of aliphatic hydroxyl groups excluding tert-OH is 6. The van der Waals surface area contributed by atoms with E-state index >= 15 is 0 Å². The number of nitrogens with zero attached hydrogens (tertiary/aromatic N) is 12. The summed E-state index contributed by atoms with van der Waals surface area (Å²) in [6.07, 6.45) is 15.5. The molecule has 32 nitrogen and oxygen atoms in total. The number of unbranched alkanes of at least 4 members (excludes halogenated alkanes) is 1. The lowest BCUT2D eigenvalue weighted by molar-refractivity contribution is 0.0808. The fraction of sp³-hybridized carbons (Fsp3) is 0.174. The van der Waals surface area contributed by atoms with E-state index in [2.05, 4.69) is 36.8 Å². The molecule has 18 aromatic rings. The van der Waals surface area contributed by atoms with Crippen molar-refractivity contribution in [2.45, 2.75) is 90.2 Å². The Hall–Kier alpha value is -16.8. The van der Waals surface area contributed by atoms with Crippen molar-refractivity contribution < 1.29 is 59.4 Å². The molecule has 0 saturated carbocycles. The molecule has 0 spiro atoms. The van der Waals surface area contributed by atoms with E-state index in [1.807, 2.05) is 60.7 Å². The summed E-state index contributed by atoms with van der Waals surface area (Å²) in [5, 5.41) is 61.9. The number of hydrogen-bond donors (Lipinski definition) is 8. The summed E-state index contributed by atoms with van der Waals surface area (Å²) >= 11 is 0. The van der Waals surface area contributed by atoms with Crippen LogP contribution in [0.5, 0.6) is 0 Å². The smallest absolute Gasteiger partial charge is 0.260 e. The zero-order valence-electron chi connectivity index (χ0n) is 75.7. The number of hydrogen-bond acceptors (Lipinski definition) is 26. The van der Waals surface area contributed by atoms with Crippen LogP contribution in [0, 0.1) is 0 Å². The average molecular weight is 1880 g/mol. The van der Waals surface area contributed by atoms with E-state index < -0.39 is 38.1 Å². The highest BCUT2D eigenvalue weighted by atomic mass is 16.3. The Kier molecular flexibility index (Phi) is 25.8. The summed E-state index contributed by atoms with van der Waals surface area (Å²) in [6, 6.07) is 56.9. The van der Waals surface area contributed by atoms with E-state index in [0.717, 1.165) is 35.2 Å². The molecule has 24 rings (SSSR count). The number of benzene rings is 6. The Morgan fingerprint density at radius 2 is 0.489 bits per heavy atom. The third kappa shape index (κ3) is 15.9. The molecule has 0 aliphatic heterocycles. The normalized spacial score (nSPS) is 13.2. The van der Waals surface area contributed by atoms with Gasteiger partial charge in [-0.2, -0.15) is 0 Å². The SMILES string of the molecule is CCCCn1c2c(c3ccncc3c1=O)C(=O)c1ccccc1-2.NCCCn1c2c(c3cnccc3c1=O)C(=O)c1ccccc1-2.NCCCn1c2c(c3ncccc3c1=O)C(=O)c1ccccc1-2.O=C1c2ccccc2-c2c1c1ccncc1c(=O)n2C[C@H](O)CO.O=C1c2ccccc2-c2c1c1cnccc1c(=O)n2C[C@H](O)CO.O=C1c2ccccc2-c2c1c1ncccc1c(=O)n2C[C@H](O)CO. The van der Waals surface area contributed by atoms with Gasteiger partial charge in [0.25, 0.3) is 33.4 Å². The Bertz CT molecular complexity index is 7920. The number of rotatable bonds is 18. The van der Waals surface area contributed by atoms with E-state index in [4.69, 9.17) is 26.8 Å². The second kappa shape index (κ2) is 39.0. The van der Waals surface area contributed by atoms with E-state index in [1.165, 1.54) is 32.3 Å². The van der Waals surface area contributed by atoms with Gasteiger partial charge in [0, 0.05) is 170 Å². The second-order valence-electron chi connectivity index (χ2n) is 34.3. The molecule has 12 heterocycles. The van der Waals surface area contributed by atoms with Gasteiger partial charge in [0.05, 0.1) is 169 Å². The summed E-state index contributed by atoms with van der Waals surface area (Å²) in [4.78, 5) is 179. The Morgan fingerprint density at radius 3 is 0.801 bits per heavy atom. The second-order valence-corrected chi connectivity index (χ2v) is 34.3. The number of pyridine rings is 12. The topological polar surface area (TPSA) is 485 Å². The fourth-order valence-electron chi connectivity index (χ4n) is 19.7. The number of carbonyl (C=O) groups is 6. The van der Waals surface area contributed by atoms with E-state index in [1.54, 1.807) is 191 Å². The molecule has 702 valence electrons. The van der Waals surface area contributed by atoms with Crippen molar-refractivity contribution >= 4 is 99.6 Å². The summed E-state index contributed by atoms with van der Waals surface area (Å²) < 4.78 is 9.23. The largest absolute Gasteiger partial charge is 0.394 e. The third-order valence-electron chi connectivity index (χ3n) is 26.0. The Morgan fingerprint density at radius 1 is 0.255 bits per heavy atom. The molecule has 0 bridgehead atoms. The maximum atomic E-state index is 12.9. The lowest BCUT2D eigenvalue weighted by atomic mass is 10.0. The van der Waals surface area contributed by atoms with Gasteiger partial charge >= 0.3 is 0 Å². The van der Waals surface area contributed by atoms with Crippen molar-refractivity contribution in [1.82, 2.24) is 57.3 Å². The molecule has 141 heavy (non-hydrogen) atoms. The van der Waals surface area contributed by atoms with Crippen molar-refractivity contribution in [2.75, 3.05) is 32.9 Å². The van der Waals surface area contributed by atoms with Gasteiger partial charge in [-0.1, -0.05) is 159 Å². The van der Waals surface area contributed by atoms with E-state index in [9.17, 15) is 72.9 Å². The van der Waals surface area contributed by atoms with Crippen LogP contribution in [0.2, 0.25) is 0 Å². The Balaban J connectivity index is 0.000000108. The van der Waals surface area contributed by atoms with Crippen LogP contribution in [0.4, 0.5) is 0 Å². The molecule has 0 amide bonds. The molecule has 3 atom stereocenters. The number of nitrogens with two attached hydrogens (primary N) is 2. The van der Waals surface area contributed by atoms with Gasteiger partial charge in [0.1, 0.15) is 0 Å². The fourth-order valence-corrected chi connectivity index (χ4v) is 19.7. The number of aromatic nitrogens is 12. The minimum absolute atomic E-state index is 0.00273. The first-order chi connectivity index (χ1) is 68.6.